The Labute approximate surface area is 405 Å². The zero-order valence-corrected chi connectivity index (χ0v) is 40.8. The molecule has 0 aliphatic carbocycles. The third kappa shape index (κ3) is 27.2. The Bertz CT molecular complexity index is 1510. The molecule has 0 spiro atoms. The molecule has 0 radical (unpaired) electrons. The number of unbranched alkanes of at least 4 members (excludes halogenated alkanes) is 9. The van der Waals surface area contributed by atoms with E-state index in [1.54, 1.807) is 0 Å². The number of rotatable bonds is 37. The number of hydrogen-bond acceptors (Lipinski definition) is 15. The van der Waals surface area contributed by atoms with Crippen LogP contribution < -0.4 is 0 Å². The molecule has 4 unspecified atom stereocenters. The number of carbonyl (C=O) groups excluding carboxylic acids is 2. The van der Waals surface area contributed by atoms with Crippen LogP contribution in [0.5, 0.6) is 0 Å². The van der Waals surface area contributed by atoms with Crippen LogP contribution in [0.4, 0.5) is 0 Å². The molecule has 2 aliphatic rings. The predicted molar refractivity (Wildman–Crippen MR) is 261 cm³/mol. The third-order valence-electron chi connectivity index (χ3n) is 11.4. The number of aliphatic hydroxyl groups excluding tert-OH is 7. The molecule has 2 aliphatic heterocycles. The zero-order valence-electron chi connectivity index (χ0n) is 40.8. The number of carbonyl (C=O) groups is 2. The lowest BCUT2D eigenvalue weighted by atomic mass is 9.98. The summed E-state index contributed by atoms with van der Waals surface area (Å²) >= 11 is 0. The highest BCUT2D eigenvalue weighted by Crippen LogP contribution is 2.26. The van der Waals surface area contributed by atoms with Crippen LogP contribution in [0, 0.1) is 0 Å². The number of allylic oxidation sites excluding steroid dienone is 14. The molecule has 0 aromatic carbocycles. The first-order chi connectivity index (χ1) is 33.0. The fourth-order valence-corrected chi connectivity index (χ4v) is 7.22. The van der Waals surface area contributed by atoms with Gasteiger partial charge in [-0.15, -0.1) is 0 Å². The van der Waals surface area contributed by atoms with E-state index in [1.165, 1.54) is 38.5 Å². The van der Waals surface area contributed by atoms with E-state index in [0.717, 1.165) is 57.8 Å². The van der Waals surface area contributed by atoms with Gasteiger partial charge in [-0.25, -0.2) is 0 Å². The van der Waals surface area contributed by atoms with Crippen LogP contribution in [0.2, 0.25) is 0 Å². The van der Waals surface area contributed by atoms with Gasteiger partial charge in [0.15, 0.2) is 18.7 Å². The minimum absolute atomic E-state index is 0.0754. The first-order valence-corrected chi connectivity index (χ1v) is 25.2. The van der Waals surface area contributed by atoms with E-state index in [4.69, 9.17) is 28.4 Å². The SMILES string of the molecule is CC/C=C/C/C=C/C/C=C/C/C=C/C/C=C/CCCC(=O)O[C@H](COC(=O)CCCC/C=C/C/C=C/CCCCCCCC)CO[C@H]1O[C@@H](CO[C@H]2O[C@@H](CO)[C@@H](O)C(O)C2O)[C@@H](O)C(O)C1O. The van der Waals surface area contributed by atoms with Crippen LogP contribution in [0.15, 0.2) is 85.1 Å². The van der Waals surface area contributed by atoms with Crippen molar-refractivity contribution in [2.45, 2.75) is 210 Å². The van der Waals surface area contributed by atoms with Gasteiger partial charge in [-0.1, -0.05) is 131 Å². The minimum atomic E-state index is -1.78. The average Bonchev–Trinajstić information content (AvgIpc) is 3.33. The van der Waals surface area contributed by atoms with Crippen LogP contribution in [-0.2, 0) is 38.0 Å². The fourth-order valence-electron chi connectivity index (χ4n) is 7.22. The third-order valence-corrected chi connectivity index (χ3v) is 11.4. The van der Waals surface area contributed by atoms with Gasteiger partial charge in [0.05, 0.1) is 19.8 Å². The van der Waals surface area contributed by atoms with Gasteiger partial charge in [-0.3, -0.25) is 9.59 Å². The van der Waals surface area contributed by atoms with Crippen LogP contribution in [0.3, 0.4) is 0 Å². The van der Waals surface area contributed by atoms with Crippen LogP contribution >= 0.6 is 0 Å². The smallest absolute Gasteiger partial charge is 0.306 e. The summed E-state index contributed by atoms with van der Waals surface area (Å²) in [5.74, 6) is -1.04. The molecule has 0 saturated carbocycles. The minimum Gasteiger partial charge on any atom is -0.462 e. The molecule has 0 bridgehead atoms. The van der Waals surface area contributed by atoms with Crippen molar-refractivity contribution in [2.24, 2.45) is 0 Å². The first kappa shape index (κ1) is 60.8. The summed E-state index contributed by atoms with van der Waals surface area (Å²) in [7, 11) is 0. The van der Waals surface area contributed by atoms with Crippen LogP contribution in [0.25, 0.3) is 0 Å². The molecule has 0 aromatic rings. The fraction of sp³-hybridized carbons (Fsp3) is 0.698. The maximum Gasteiger partial charge on any atom is 0.306 e. The van der Waals surface area contributed by atoms with Crippen molar-refractivity contribution < 1.29 is 73.8 Å². The van der Waals surface area contributed by atoms with Crippen molar-refractivity contribution in [3.8, 4) is 0 Å². The molecular formula is C53H86O15. The van der Waals surface area contributed by atoms with E-state index in [0.29, 0.717) is 19.3 Å². The first-order valence-electron chi connectivity index (χ1n) is 25.2. The summed E-state index contributed by atoms with van der Waals surface area (Å²) in [4.78, 5) is 25.7. The van der Waals surface area contributed by atoms with Gasteiger partial charge in [0.1, 0.15) is 55.4 Å². The molecule has 2 fully saturated rings. The van der Waals surface area contributed by atoms with Crippen molar-refractivity contribution in [2.75, 3.05) is 26.4 Å². The molecule has 0 amide bonds. The van der Waals surface area contributed by atoms with E-state index < -0.39 is 99.3 Å². The number of esters is 2. The lowest BCUT2D eigenvalue weighted by Gasteiger charge is -2.42. The Balaban J connectivity index is 1.87. The molecule has 68 heavy (non-hydrogen) atoms. The molecule has 7 N–H and O–H groups in total. The maximum atomic E-state index is 13.0. The monoisotopic (exact) mass is 963 g/mol. The standard InChI is InChI=1S/C53H86O15/c1-3-5-7-9-11-13-15-17-19-20-22-24-26-28-30-32-34-36-45(56)66-41(38-63-44(55)35-33-31-29-27-25-23-21-18-16-14-12-10-8-6-4-2)39-64-52-51(62)49(60)47(58)43(68-52)40-65-53-50(61)48(59)46(57)42(37-54)67-53/h5,7,11,13,17-19,21-22,24-25,27-28,30,41-43,46-54,57-62H,3-4,6,8-10,12,14-16,20,23,26,29,31-40H2,1-2H3/b7-5+,13-11+,19-17+,21-18+,24-22+,27-25+,30-28+/t41-,42+,43+,46-,47-,48?,49?,50?,51?,52+,53+/m1/s1. The average molecular weight is 963 g/mol. The molecular weight excluding hydrogens is 877 g/mol. The largest absolute Gasteiger partial charge is 0.462 e. The van der Waals surface area contributed by atoms with Gasteiger partial charge in [0, 0.05) is 12.8 Å². The van der Waals surface area contributed by atoms with Gasteiger partial charge in [0.2, 0.25) is 0 Å². The van der Waals surface area contributed by atoms with Crippen molar-refractivity contribution in [3.05, 3.63) is 85.1 Å². The number of ether oxygens (including phenoxy) is 6. The topological polar surface area (TPSA) is 231 Å². The molecule has 388 valence electrons. The van der Waals surface area contributed by atoms with E-state index in [-0.39, 0.29) is 19.4 Å². The second-order valence-corrected chi connectivity index (χ2v) is 17.3. The summed E-state index contributed by atoms with van der Waals surface area (Å²) in [6, 6.07) is 0. The molecule has 2 heterocycles. The summed E-state index contributed by atoms with van der Waals surface area (Å²) in [5, 5.41) is 72.0. The Morgan fingerprint density at radius 2 is 0.941 bits per heavy atom. The number of hydrogen-bond donors (Lipinski definition) is 7. The highest BCUT2D eigenvalue weighted by molar-refractivity contribution is 5.70. The van der Waals surface area contributed by atoms with Gasteiger partial charge in [-0.05, 0) is 83.5 Å². The summed E-state index contributed by atoms with van der Waals surface area (Å²) < 4.78 is 33.4. The lowest BCUT2D eigenvalue weighted by Crippen LogP contribution is -2.61. The van der Waals surface area contributed by atoms with Gasteiger partial charge >= 0.3 is 11.9 Å². The van der Waals surface area contributed by atoms with Crippen molar-refractivity contribution in [1.82, 2.24) is 0 Å². The lowest BCUT2D eigenvalue weighted by molar-refractivity contribution is -0.332. The van der Waals surface area contributed by atoms with Gasteiger partial charge < -0.3 is 64.2 Å². The quantitative estimate of drug-likeness (QED) is 0.0193. The zero-order chi connectivity index (χ0) is 49.6. The molecule has 11 atom stereocenters. The van der Waals surface area contributed by atoms with Crippen molar-refractivity contribution in [3.63, 3.8) is 0 Å². The normalized spacial score (nSPS) is 26.5. The Morgan fingerprint density at radius 3 is 1.50 bits per heavy atom. The molecule has 2 rings (SSSR count). The van der Waals surface area contributed by atoms with E-state index >= 15 is 0 Å². The van der Waals surface area contributed by atoms with Gasteiger partial charge in [0.25, 0.3) is 0 Å². The molecule has 0 aromatic heterocycles. The van der Waals surface area contributed by atoms with E-state index in [2.05, 4.69) is 86.8 Å². The molecule has 15 nitrogen and oxygen atoms in total. The van der Waals surface area contributed by atoms with Crippen molar-refractivity contribution >= 4 is 11.9 Å². The predicted octanol–water partition coefficient (Wildman–Crippen LogP) is 6.82. The van der Waals surface area contributed by atoms with Crippen LogP contribution in [-0.4, -0.2) is 142 Å². The number of aliphatic hydroxyl groups is 7. The maximum absolute atomic E-state index is 13.0. The Hall–Kier alpha value is -3.32. The highest BCUT2D eigenvalue weighted by atomic mass is 16.7. The van der Waals surface area contributed by atoms with Crippen LogP contribution in [0.1, 0.15) is 142 Å². The highest BCUT2D eigenvalue weighted by Gasteiger charge is 2.47. The Morgan fingerprint density at radius 1 is 0.485 bits per heavy atom. The summed E-state index contributed by atoms with van der Waals surface area (Å²) in [5.41, 5.74) is 0. The van der Waals surface area contributed by atoms with Gasteiger partial charge in [-0.2, -0.15) is 0 Å². The second-order valence-electron chi connectivity index (χ2n) is 17.3. The second kappa shape index (κ2) is 39.4. The van der Waals surface area contributed by atoms with E-state index in [1.807, 2.05) is 12.2 Å². The molecule has 15 heteroatoms. The van der Waals surface area contributed by atoms with Crippen molar-refractivity contribution in [1.29, 1.82) is 0 Å². The summed E-state index contributed by atoms with van der Waals surface area (Å²) in [6.45, 7) is 2.35. The molecule has 2 saturated heterocycles. The summed E-state index contributed by atoms with van der Waals surface area (Å²) in [6.07, 6.45) is 30.5. The Kier molecular flexibility index (Phi) is 35.2. The van der Waals surface area contributed by atoms with E-state index in [9.17, 15) is 45.3 Å².